The molecule has 0 aromatic carbocycles. The Kier molecular flexibility index (Phi) is 49.5. The van der Waals surface area contributed by atoms with Crippen molar-refractivity contribution < 1.29 is 24.5 Å². The topological polar surface area (TPSA) is 95.9 Å². The fourth-order valence-corrected chi connectivity index (χ4v) is 8.61. The van der Waals surface area contributed by atoms with Gasteiger partial charge in [-0.2, -0.15) is 0 Å². The fraction of sp³-hybridized carbons (Fsp3) is 0.860. The molecular weight excluding hydrogens is 779 g/mol. The molecule has 0 fully saturated rings. The monoisotopic (exact) mass is 886 g/mol. The van der Waals surface area contributed by atoms with Gasteiger partial charge in [0.2, 0.25) is 5.91 Å². The first kappa shape index (κ1) is 61.1. The quantitative estimate of drug-likeness (QED) is 0.0321. The van der Waals surface area contributed by atoms with Crippen molar-refractivity contribution in [2.75, 3.05) is 6.61 Å². The van der Waals surface area contributed by atoms with Crippen LogP contribution in [-0.2, 0) is 14.3 Å². The number of hydrogen-bond donors (Lipinski definition) is 3. The van der Waals surface area contributed by atoms with E-state index in [4.69, 9.17) is 4.74 Å². The zero-order valence-corrected chi connectivity index (χ0v) is 42.2. The number of unbranched alkanes of at least 4 members (excludes halogenated alkanes) is 34. The highest BCUT2D eigenvalue weighted by Gasteiger charge is 2.24. The molecule has 0 aromatic heterocycles. The van der Waals surface area contributed by atoms with Crippen molar-refractivity contribution in [1.29, 1.82) is 0 Å². The maximum atomic E-state index is 13.2. The number of carbonyl (C=O) groups is 2. The molecule has 0 aliphatic carbocycles. The minimum atomic E-state index is -0.791. The maximum Gasteiger partial charge on any atom is 0.306 e. The first-order valence-corrected chi connectivity index (χ1v) is 27.7. The molecule has 0 heterocycles. The van der Waals surface area contributed by atoms with Crippen molar-refractivity contribution in [2.24, 2.45) is 0 Å². The highest BCUT2D eigenvalue weighted by molar-refractivity contribution is 5.77. The molecule has 63 heavy (non-hydrogen) atoms. The van der Waals surface area contributed by atoms with Crippen molar-refractivity contribution in [3.8, 4) is 0 Å². The Bertz CT molecular complexity index is 1040. The van der Waals surface area contributed by atoms with Gasteiger partial charge in [-0.15, -0.1) is 0 Å². The second-order valence-electron chi connectivity index (χ2n) is 19.0. The zero-order valence-electron chi connectivity index (χ0n) is 42.2. The van der Waals surface area contributed by atoms with Gasteiger partial charge >= 0.3 is 5.97 Å². The fourth-order valence-electron chi connectivity index (χ4n) is 8.61. The molecule has 370 valence electrons. The molecule has 0 aliphatic rings. The summed E-state index contributed by atoms with van der Waals surface area (Å²) in [6, 6.07) is -0.706. The van der Waals surface area contributed by atoms with Crippen molar-refractivity contribution in [2.45, 2.75) is 309 Å². The van der Waals surface area contributed by atoms with Crippen LogP contribution in [0.1, 0.15) is 290 Å². The third kappa shape index (κ3) is 46.4. The molecule has 0 bridgehead atoms. The smallest absolute Gasteiger partial charge is 0.306 e. The standard InChI is InChI=1S/C57H107NO5/c1-4-7-10-13-16-19-22-25-27-29-32-35-38-41-44-47-50-57(62)63-53(48-45-42-39-36-33-30-24-21-18-15-12-9-6-3)51-56(61)58-54(52-59)55(60)49-46-43-40-37-34-31-28-26-23-20-17-14-11-8-5-2/h9,12,15,18,21,24,53-55,59-60H,4-8,10-11,13-14,16-17,19-20,22-23,25-52H2,1-3H3,(H,58,61)/b12-9+,18-15+,24-21+. The Balaban J connectivity index is 4.52. The van der Waals surface area contributed by atoms with Crippen LogP contribution in [0.3, 0.4) is 0 Å². The molecule has 6 heteroatoms. The second kappa shape index (κ2) is 51.1. The van der Waals surface area contributed by atoms with Crippen molar-refractivity contribution in [3.05, 3.63) is 36.5 Å². The summed E-state index contributed by atoms with van der Waals surface area (Å²) in [6.45, 7) is 6.38. The van der Waals surface area contributed by atoms with E-state index in [0.717, 1.165) is 77.0 Å². The van der Waals surface area contributed by atoms with Crippen LogP contribution in [-0.4, -0.2) is 46.9 Å². The van der Waals surface area contributed by atoms with Gasteiger partial charge < -0.3 is 20.3 Å². The van der Waals surface area contributed by atoms with Crippen LogP contribution in [0, 0.1) is 0 Å². The Morgan fingerprint density at radius 3 is 1.29 bits per heavy atom. The largest absolute Gasteiger partial charge is 0.462 e. The lowest BCUT2D eigenvalue weighted by Crippen LogP contribution is -2.46. The number of allylic oxidation sites excluding steroid dienone is 6. The van der Waals surface area contributed by atoms with Crippen LogP contribution in [0.4, 0.5) is 0 Å². The first-order chi connectivity index (χ1) is 31.0. The molecule has 3 atom stereocenters. The van der Waals surface area contributed by atoms with Gasteiger partial charge in [0.25, 0.3) is 0 Å². The van der Waals surface area contributed by atoms with Gasteiger partial charge in [0, 0.05) is 6.42 Å². The number of aliphatic hydroxyl groups excluding tert-OH is 2. The van der Waals surface area contributed by atoms with Crippen LogP contribution in [0.5, 0.6) is 0 Å². The average Bonchev–Trinajstić information content (AvgIpc) is 3.28. The Morgan fingerprint density at radius 2 is 0.857 bits per heavy atom. The van der Waals surface area contributed by atoms with E-state index in [2.05, 4.69) is 62.5 Å². The zero-order chi connectivity index (χ0) is 45.9. The van der Waals surface area contributed by atoms with Gasteiger partial charge in [-0.3, -0.25) is 9.59 Å². The van der Waals surface area contributed by atoms with Crippen molar-refractivity contribution in [3.63, 3.8) is 0 Å². The lowest BCUT2D eigenvalue weighted by molar-refractivity contribution is -0.151. The van der Waals surface area contributed by atoms with E-state index in [0.29, 0.717) is 19.3 Å². The molecule has 0 spiro atoms. The van der Waals surface area contributed by atoms with Gasteiger partial charge in [-0.05, 0) is 44.9 Å². The number of rotatable bonds is 50. The Morgan fingerprint density at radius 1 is 0.476 bits per heavy atom. The first-order valence-electron chi connectivity index (χ1n) is 27.7. The van der Waals surface area contributed by atoms with Crippen molar-refractivity contribution >= 4 is 11.9 Å². The van der Waals surface area contributed by atoms with E-state index >= 15 is 0 Å². The van der Waals surface area contributed by atoms with E-state index in [1.54, 1.807) is 0 Å². The Labute approximate surface area is 392 Å². The van der Waals surface area contributed by atoms with Crippen LogP contribution < -0.4 is 5.32 Å². The van der Waals surface area contributed by atoms with E-state index in [1.165, 1.54) is 167 Å². The molecular formula is C57H107NO5. The molecule has 0 saturated heterocycles. The molecule has 0 rings (SSSR count). The molecule has 3 N–H and O–H groups in total. The minimum Gasteiger partial charge on any atom is -0.462 e. The molecule has 0 saturated carbocycles. The third-order valence-corrected chi connectivity index (χ3v) is 12.8. The van der Waals surface area contributed by atoms with Gasteiger partial charge in [-0.25, -0.2) is 0 Å². The van der Waals surface area contributed by atoms with Gasteiger partial charge in [0.1, 0.15) is 6.10 Å². The summed E-state index contributed by atoms with van der Waals surface area (Å²) in [5.41, 5.74) is 0. The summed E-state index contributed by atoms with van der Waals surface area (Å²) in [5, 5.41) is 23.8. The number of carbonyl (C=O) groups excluding carboxylic acids is 2. The van der Waals surface area contributed by atoms with Crippen LogP contribution in [0.15, 0.2) is 36.5 Å². The molecule has 0 aliphatic heterocycles. The molecule has 0 radical (unpaired) electrons. The maximum absolute atomic E-state index is 13.2. The lowest BCUT2D eigenvalue weighted by Gasteiger charge is -2.24. The molecule has 6 nitrogen and oxygen atoms in total. The highest BCUT2D eigenvalue weighted by atomic mass is 16.5. The molecule has 3 unspecified atom stereocenters. The highest BCUT2D eigenvalue weighted by Crippen LogP contribution is 2.19. The SMILES string of the molecule is CC/C=C/C=C/C=C/CCCCCCCC(CC(=O)NC(CO)C(O)CCCCCCCCCCCCCCCCC)OC(=O)CCCCCCCCCCCCCCCCCC. The summed E-state index contributed by atoms with van der Waals surface area (Å²) in [5.74, 6) is -0.480. The predicted molar refractivity (Wildman–Crippen MR) is 273 cm³/mol. The Hall–Kier alpha value is -1.92. The lowest BCUT2D eigenvalue weighted by atomic mass is 10.0. The van der Waals surface area contributed by atoms with Gasteiger partial charge in [-0.1, -0.05) is 269 Å². The number of nitrogens with one attached hydrogen (secondary N) is 1. The third-order valence-electron chi connectivity index (χ3n) is 12.8. The summed E-state index contributed by atoms with van der Waals surface area (Å²) in [7, 11) is 0. The number of hydrogen-bond acceptors (Lipinski definition) is 5. The van der Waals surface area contributed by atoms with Crippen LogP contribution >= 0.6 is 0 Å². The predicted octanol–water partition coefficient (Wildman–Crippen LogP) is 16.8. The van der Waals surface area contributed by atoms with E-state index in [-0.39, 0.29) is 24.9 Å². The normalized spacial score (nSPS) is 13.4. The average molecular weight is 886 g/mol. The summed E-state index contributed by atoms with van der Waals surface area (Å²) in [6.07, 6.45) is 60.7. The second-order valence-corrected chi connectivity index (χ2v) is 19.0. The van der Waals surface area contributed by atoms with E-state index < -0.39 is 18.2 Å². The number of amides is 1. The molecule has 0 aromatic rings. The number of aliphatic hydroxyl groups is 2. The van der Waals surface area contributed by atoms with E-state index in [9.17, 15) is 19.8 Å². The van der Waals surface area contributed by atoms with Crippen LogP contribution in [0.25, 0.3) is 0 Å². The summed E-state index contributed by atoms with van der Waals surface area (Å²) < 4.78 is 5.94. The van der Waals surface area contributed by atoms with E-state index in [1.807, 2.05) is 0 Å². The van der Waals surface area contributed by atoms with Gasteiger partial charge in [0.15, 0.2) is 0 Å². The van der Waals surface area contributed by atoms with Crippen LogP contribution in [0.2, 0.25) is 0 Å². The molecule has 1 amide bonds. The van der Waals surface area contributed by atoms with Gasteiger partial charge in [0.05, 0.1) is 25.2 Å². The summed E-state index contributed by atoms with van der Waals surface area (Å²) >= 11 is 0. The summed E-state index contributed by atoms with van der Waals surface area (Å²) in [4.78, 5) is 26.2. The number of ether oxygens (including phenoxy) is 1. The van der Waals surface area contributed by atoms with Crippen molar-refractivity contribution in [1.82, 2.24) is 5.32 Å². The minimum absolute atomic E-state index is 0.0681. The number of esters is 1.